The Morgan fingerprint density at radius 1 is 1.30 bits per heavy atom. The normalized spacial score (nSPS) is 17.2. The summed E-state index contributed by atoms with van der Waals surface area (Å²) in [6, 6.07) is 1.55. The second-order valence-electron chi connectivity index (χ2n) is 5.66. The first-order valence-corrected chi connectivity index (χ1v) is 7.59. The Hall–Kier alpha value is -1.83. The molecule has 1 aliphatic heterocycles. The van der Waals surface area contributed by atoms with Gasteiger partial charge in [0.1, 0.15) is 6.54 Å². The SMILES string of the molecule is CCN1CCC(NC(=O)Cn2cc(C(F)(F)F)ccc2=O)CC1. The maximum absolute atomic E-state index is 12.7. The lowest BCUT2D eigenvalue weighted by Crippen LogP contribution is -2.45. The van der Waals surface area contributed by atoms with Gasteiger partial charge in [0, 0.05) is 31.4 Å². The molecule has 1 fully saturated rings. The molecule has 5 nitrogen and oxygen atoms in total. The number of amides is 1. The predicted octanol–water partition coefficient (Wildman–Crippen LogP) is 1.47. The van der Waals surface area contributed by atoms with Crippen molar-refractivity contribution in [3.8, 4) is 0 Å². The van der Waals surface area contributed by atoms with Crippen LogP contribution in [0.4, 0.5) is 13.2 Å². The predicted molar refractivity (Wildman–Crippen MR) is 79.0 cm³/mol. The second kappa shape index (κ2) is 7.16. The van der Waals surface area contributed by atoms with Crippen LogP contribution in [0.3, 0.4) is 0 Å². The molecule has 1 aliphatic rings. The van der Waals surface area contributed by atoms with Crippen molar-refractivity contribution in [3.63, 3.8) is 0 Å². The highest BCUT2D eigenvalue weighted by Gasteiger charge is 2.31. The van der Waals surface area contributed by atoms with Crippen molar-refractivity contribution in [3.05, 3.63) is 34.2 Å². The molecule has 128 valence electrons. The molecule has 0 bridgehead atoms. The van der Waals surface area contributed by atoms with Gasteiger partial charge >= 0.3 is 6.18 Å². The zero-order valence-electron chi connectivity index (χ0n) is 12.9. The van der Waals surface area contributed by atoms with Crippen molar-refractivity contribution < 1.29 is 18.0 Å². The first-order chi connectivity index (χ1) is 10.8. The monoisotopic (exact) mass is 331 g/mol. The molecule has 0 unspecified atom stereocenters. The maximum atomic E-state index is 12.7. The summed E-state index contributed by atoms with van der Waals surface area (Å²) in [5.41, 5.74) is -1.57. The number of pyridine rings is 1. The van der Waals surface area contributed by atoms with Gasteiger partial charge in [0.25, 0.3) is 5.56 Å². The lowest BCUT2D eigenvalue weighted by atomic mass is 10.1. The molecule has 1 saturated heterocycles. The van der Waals surface area contributed by atoms with Crippen LogP contribution in [0, 0.1) is 0 Å². The Bertz CT molecular complexity index is 605. The molecule has 0 saturated carbocycles. The molecular formula is C15H20F3N3O2. The molecule has 1 amide bonds. The lowest BCUT2D eigenvalue weighted by molar-refractivity contribution is -0.138. The van der Waals surface area contributed by atoms with Crippen LogP contribution < -0.4 is 10.9 Å². The van der Waals surface area contributed by atoms with Gasteiger partial charge in [0.15, 0.2) is 0 Å². The van der Waals surface area contributed by atoms with Gasteiger partial charge in [-0.3, -0.25) is 9.59 Å². The van der Waals surface area contributed by atoms with E-state index in [4.69, 9.17) is 0 Å². The lowest BCUT2D eigenvalue weighted by Gasteiger charge is -2.31. The Balaban J connectivity index is 1.97. The molecule has 23 heavy (non-hydrogen) atoms. The Kier molecular flexibility index (Phi) is 5.46. The van der Waals surface area contributed by atoms with Gasteiger partial charge in [0.05, 0.1) is 5.56 Å². The standard InChI is InChI=1S/C15H20F3N3O2/c1-2-20-7-5-12(6-8-20)19-13(22)10-21-9-11(15(16,17)18)3-4-14(21)23/h3-4,9,12H,2,5-8,10H2,1H3,(H,19,22). The van der Waals surface area contributed by atoms with Gasteiger partial charge in [-0.2, -0.15) is 13.2 Å². The number of hydrogen-bond donors (Lipinski definition) is 1. The molecule has 1 aromatic heterocycles. The number of rotatable bonds is 4. The van der Waals surface area contributed by atoms with E-state index in [1.165, 1.54) is 0 Å². The highest BCUT2D eigenvalue weighted by atomic mass is 19.4. The average Bonchev–Trinajstić information content (AvgIpc) is 2.49. The van der Waals surface area contributed by atoms with Crippen molar-refractivity contribution in [1.29, 1.82) is 0 Å². The summed E-state index contributed by atoms with van der Waals surface area (Å²) in [5.74, 6) is -0.443. The zero-order valence-corrected chi connectivity index (χ0v) is 12.9. The van der Waals surface area contributed by atoms with Gasteiger partial charge in [0.2, 0.25) is 5.91 Å². The van der Waals surface area contributed by atoms with E-state index < -0.39 is 29.8 Å². The van der Waals surface area contributed by atoms with Crippen molar-refractivity contribution in [2.75, 3.05) is 19.6 Å². The first-order valence-electron chi connectivity index (χ1n) is 7.59. The molecule has 2 rings (SSSR count). The van der Waals surface area contributed by atoms with E-state index in [0.717, 1.165) is 49.2 Å². The Labute approximate surface area is 132 Å². The van der Waals surface area contributed by atoms with Crippen LogP contribution >= 0.6 is 0 Å². The molecule has 2 heterocycles. The third-order valence-corrected chi connectivity index (χ3v) is 4.02. The Morgan fingerprint density at radius 3 is 2.52 bits per heavy atom. The minimum atomic E-state index is -4.54. The number of piperidine rings is 1. The fourth-order valence-corrected chi connectivity index (χ4v) is 2.64. The number of nitrogens with zero attached hydrogens (tertiary/aromatic N) is 2. The van der Waals surface area contributed by atoms with E-state index in [-0.39, 0.29) is 6.04 Å². The van der Waals surface area contributed by atoms with E-state index in [2.05, 4.69) is 17.1 Å². The van der Waals surface area contributed by atoms with E-state index in [0.29, 0.717) is 6.20 Å². The first kappa shape index (κ1) is 17.5. The molecule has 1 N–H and O–H groups in total. The van der Waals surface area contributed by atoms with Crippen LogP contribution in [0.15, 0.2) is 23.1 Å². The Morgan fingerprint density at radius 2 is 1.96 bits per heavy atom. The van der Waals surface area contributed by atoms with Crippen molar-refractivity contribution >= 4 is 5.91 Å². The summed E-state index contributed by atoms with van der Waals surface area (Å²) in [5, 5.41) is 2.79. The fraction of sp³-hybridized carbons (Fsp3) is 0.600. The summed E-state index contributed by atoms with van der Waals surface area (Å²) >= 11 is 0. The van der Waals surface area contributed by atoms with Gasteiger partial charge in [-0.15, -0.1) is 0 Å². The molecule has 0 atom stereocenters. The molecule has 1 aromatic rings. The fourth-order valence-electron chi connectivity index (χ4n) is 2.64. The number of carbonyl (C=O) groups excluding carboxylic acids is 1. The number of halogens is 3. The summed E-state index contributed by atoms with van der Waals surface area (Å²) < 4.78 is 38.8. The van der Waals surface area contributed by atoms with Crippen LogP contribution in [0.25, 0.3) is 0 Å². The topological polar surface area (TPSA) is 54.3 Å². The van der Waals surface area contributed by atoms with Crippen molar-refractivity contribution in [2.24, 2.45) is 0 Å². The van der Waals surface area contributed by atoms with E-state index >= 15 is 0 Å². The van der Waals surface area contributed by atoms with Crippen molar-refractivity contribution in [1.82, 2.24) is 14.8 Å². The average molecular weight is 331 g/mol. The summed E-state index contributed by atoms with van der Waals surface area (Å²) in [6.45, 7) is 4.38. The molecule has 8 heteroatoms. The molecule has 0 radical (unpaired) electrons. The zero-order chi connectivity index (χ0) is 17.0. The van der Waals surface area contributed by atoms with Crippen LogP contribution in [-0.2, 0) is 17.5 Å². The summed E-state index contributed by atoms with van der Waals surface area (Å²) in [7, 11) is 0. The third kappa shape index (κ3) is 4.82. The number of hydrogen-bond acceptors (Lipinski definition) is 3. The molecular weight excluding hydrogens is 311 g/mol. The second-order valence-corrected chi connectivity index (χ2v) is 5.66. The highest BCUT2D eigenvalue weighted by Crippen LogP contribution is 2.27. The number of carbonyl (C=O) groups is 1. The number of nitrogens with one attached hydrogen (secondary N) is 1. The molecule has 0 spiro atoms. The van der Waals surface area contributed by atoms with Gasteiger partial charge in [-0.05, 0) is 25.5 Å². The van der Waals surface area contributed by atoms with E-state index in [9.17, 15) is 22.8 Å². The molecule has 0 aromatic carbocycles. The summed E-state index contributed by atoms with van der Waals surface area (Å²) in [6.07, 6.45) is -2.26. The third-order valence-electron chi connectivity index (χ3n) is 4.02. The number of aromatic nitrogens is 1. The molecule has 0 aliphatic carbocycles. The van der Waals surface area contributed by atoms with Crippen LogP contribution in [0.5, 0.6) is 0 Å². The van der Waals surface area contributed by atoms with E-state index in [1.807, 2.05) is 0 Å². The van der Waals surface area contributed by atoms with Crippen LogP contribution in [-0.4, -0.2) is 41.1 Å². The number of alkyl halides is 3. The van der Waals surface area contributed by atoms with Gasteiger partial charge in [-0.1, -0.05) is 6.92 Å². The highest BCUT2D eigenvalue weighted by molar-refractivity contribution is 5.76. The van der Waals surface area contributed by atoms with Crippen LogP contribution in [0.1, 0.15) is 25.3 Å². The maximum Gasteiger partial charge on any atom is 0.417 e. The van der Waals surface area contributed by atoms with E-state index in [1.54, 1.807) is 0 Å². The van der Waals surface area contributed by atoms with Gasteiger partial charge in [-0.25, -0.2) is 0 Å². The largest absolute Gasteiger partial charge is 0.417 e. The minimum absolute atomic E-state index is 0.00630. The summed E-state index contributed by atoms with van der Waals surface area (Å²) in [4.78, 5) is 25.9. The van der Waals surface area contributed by atoms with Gasteiger partial charge < -0.3 is 14.8 Å². The number of likely N-dealkylation sites (tertiary alicyclic amines) is 1. The smallest absolute Gasteiger partial charge is 0.352 e. The van der Waals surface area contributed by atoms with Crippen LogP contribution in [0.2, 0.25) is 0 Å². The van der Waals surface area contributed by atoms with Crippen molar-refractivity contribution in [2.45, 2.75) is 38.5 Å². The minimum Gasteiger partial charge on any atom is -0.352 e. The quantitative estimate of drug-likeness (QED) is 0.909.